The number of hydrogen-bond acceptors (Lipinski definition) is 6. The first kappa shape index (κ1) is 51.4. The molecule has 0 saturated heterocycles. The minimum Gasteiger partial charge on any atom is -0.462 e. The standard InChI is InChI=1S/C47H90O6/c1-6-9-10-11-12-13-14-15-16-17-22-29-34-39-47(50)53-44(41-52-46(49)38-33-28-24-23-26-31-36-43(5)8-3)40-51-45(48)37-32-27-21-19-18-20-25-30-35-42(4)7-2/h42-44H,6-41H2,1-5H3/t42?,43?,44-/m0/s1. The average Bonchev–Trinajstić information content (AvgIpc) is 3.15. The molecule has 0 amide bonds. The van der Waals surface area contributed by atoms with Crippen molar-refractivity contribution >= 4 is 17.9 Å². The first-order valence-electron chi connectivity index (χ1n) is 23.3. The van der Waals surface area contributed by atoms with Gasteiger partial charge in [0.1, 0.15) is 13.2 Å². The van der Waals surface area contributed by atoms with Crippen molar-refractivity contribution < 1.29 is 28.6 Å². The van der Waals surface area contributed by atoms with Crippen molar-refractivity contribution in [1.82, 2.24) is 0 Å². The average molecular weight is 751 g/mol. The van der Waals surface area contributed by atoms with Gasteiger partial charge in [-0.25, -0.2) is 0 Å². The first-order valence-corrected chi connectivity index (χ1v) is 23.3. The molecule has 0 spiro atoms. The van der Waals surface area contributed by atoms with Crippen LogP contribution in [0.25, 0.3) is 0 Å². The molecule has 0 radical (unpaired) electrons. The van der Waals surface area contributed by atoms with Gasteiger partial charge >= 0.3 is 17.9 Å². The summed E-state index contributed by atoms with van der Waals surface area (Å²) in [6, 6.07) is 0. The normalized spacial score (nSPS) is 13.1. The number of carbonyl (C=O) groups excluding carboxylic acids is 3. The minimum absolute atomic E-state index is 0.0657. The van der Waals surface area contributed by atoms with Crippen molar-refractivity contribution in [1.29, 1.82) is 0 Å². The maximum absolute atomic E-state index is 12.7. The highest BCUT2D eigenvalue weighted by Crippen LogP contribution is 2.17. The molecule has 314 valence electrons. The first-order chi connectivity index (χ1) is 25.8. The Kier molecular flexibility index (Phi) is 38.9. The summed E-state index contributed by atoms with van der Waals surface area (Å²) in [7, 11) is 0. The van der Waals surface area contributed by atoms with Gasteiger partial charge in [-0.05, 0) is 31.1 Å². The molecule has 2 unspecified atom stereocenters. The zero-order valence-electron chi connectivity index (χ0n) is 36.1. The molecule has 0 aromatic rings. The third-order valence-electron chi connectivity index (χ3n) is 11.2. The molecule has 6 heteroatoms. The molecule has 0 bridgehead atoms. The molecule has 0 aromatic carbocycles. The summed E-state index contributed by atoms with van der Waals surface area (Å²) >= 11 is 0. The molecule has 0 rings (SSSR count). The van der Waals surface area contributed by atoms with Crippen LogP contribution >= 0.6 is 0 Å². The largest absolute Gasteiger partial charge is 0.462 e. The second-order valence-electron chi connectivity index (χ2n) is 16.5. The number of carbonyl (C=O) groups is 3. The lowest BCUT2D eigenvalue weighted by atomic mass is 9.99. The fraction of sp³-hybridized carbons (Fsp3) is 0.936. The number of hydrogen-bond donors (Lipinski definition) is 0. The molecule has 0 aliphatic carbocycles. The molecule has 0 saturated carbocycles. The van der Waals surface area contributed by atoms with E-state index in [-0.39, 0.29) is 31.1 Å². The summed E-state index contributed by atoms with van der Waals surface area (Å²) < 4.78 is 16.7. The van der Waals surface area contributed by atoms with Crippen molar-refractivity contribution in [3.63, 3.8) is 0 Å². The van der Waals surface area contributed by atoms with E-state index in [0.29, 0.717) is 19.3 Å². The van der Waals surface area contributed by atoms with Crippen molar-refractivity contribution in [2.75, 3.05) is 13.2 Å². The Labute approximate surface area is 329 Å². The highest BCUT2D eigenvalue weighted by molar-refractivity contribution is 5.71. The minimum atomic E-state index is -0.761. The van der Waals surface area contributed by atoms with Crippen LogP contribution in [0.3, 0.4) is 0 Å². The lowest BCUT2D eigenvalue weighted by Crippen LogP contribution is -2.30. The molecule has 0 fully saturated rings. The maximum Gasteiger partial charge on any atom is 0.306 e. The van der Waals surface area contributed by atoms with Crippen LogP contribution < -0.4 is 0 Å². The Hall–Kier alpha value is -1.59. The fourth-order valence-electron chi connectivity index (χ4n) is 6.86. The second-order valence-corrected chi connectivity index (χ2v) is 16.5. The zero-order chi connectivity index (χ0) is 39.0. The molecule has 53 heavy (non-hydrogen) atoms. The van der Waals surface area contributed by atoms with Crippen molar-refractivity contribution in [3.05, 3.63) is 0 Å². The molecule has 3 atom stereocenters. The van der Waals surface area contributed by atoms with Gasteiger partial charge < -0.3 is 14.2 Å². The smallest absolute Gasteiger partial charge is 0.306 e. The summed E-state index contributed by atoms with van der Waals surface area (Å²) in [6.07, 6.45) is 37.9. The zero-order valence-corrected chi connectivity index (χ0v) is 36.1. The van der Waals surface area contributed by atoms with Crippen LogP contribution in [0.1, 0.15) is 253 Å². The van der Waals surface area contributed by atoms with E-state index in [0.717, 1.165) is 69.6 Å². The third kappa shape index (κ3) is 38.5. The van der Waals surface area contributed by atoms with Crippen molar-refractivity contribution in [3.8, 4) is 0 Å². The number of ether oxygens (including phenoxy) is 3. The van der Waals surface area contributed by atoms with E-state index in [1.54, 1.807) is 0 Å². The van der Waals surface area contributed by atoms with Crippen LogP contribution in [0.4, 0.5) is 0 Å². The van der Waals surface area contributed by atoms with Gasteiger partial charge in [-0.2, -0.15) is 0 Å². The van der Waals surface area contributed by atoms with Gasteiger partial charge in [0.25, 0.3) is 0 Å². The summed E-state index contributed by atoms with van der Waals surface area (Å²) in [5.74, 6) is 0.802. The van der Waals surface area contributed by atoms with Crippen LogP contribution in [-0.2, 0) is 28.6 Å². The molecular weight excluding hydrogens is 661 g/mol. The Morgan fingerprint density at radius 3 is 0.981 bits per heavy atom. The molecule has 0 aromatic heterocycles. The Bertz CT molecular complexity index is 813. The number of esters is 3. The predicted octanol–water partition coefficient (Wildman–Crippen LogP) is 14.6. The van der Waals surface area contributed by atoms with Gasteiger partial charge in [-0.1, -0.05) is 214 Å². The molecule has 0 N–H and O–H groups in total. The van der Waals surface area contributed by atoms with E-state index in [9.17, 15) is 14.4 Å². The van der Waals surface area contributed by atoms with Gasteiger partial charge in [-0.15, -0.1) is 0 Å². The quantitative estimate of drug-likeness (QED) is 0.0352. The maximum atomic E-state index is 12.7. The van der Waals surface area contributed by atoms with E-state index < -0.39 is 6.10 Å². The van der Waals surface area contributed by atoms with Crippen LogP contribution in [0.15, 0.2) is 0 Å². The molecule has 6 nitrogen and oxygen atoms in total. The molecule has 0 aliphatic rings. The Balaban J connectivity index is 4.35. The summed E-state index contributed by atoms with van der Waals surface area (Å²) in [6.45, 7) is 11.3. The van der Waals surface area contributed by atoms with Gasteiger partial charge in [0, 0.05) is 19.3 Å². The number of unbranched alkanes of at least 4 members (excludes halogenated alkanes) is 24. The molecule has 0 heterocycles. The summed E-state index contributed by atoms with van der Waals surface area (Å²) in [4.78, 5) is 37.7. The SMILES string of the molecule is CCCCCCCCCCCCCCCC(=O)O[C@@H](COC(=O)CCCCCCCCCCC(C)CC)COC(=O)CCCCCCCCC(C)CC. The highest BCUT2D eigenvalue weighted by atomic mass is 16.6. The van der Waals surface area contributed by atoms with Gasteiger partial charge in [0.05, 0.1) is 0 Å². The summed E-state index contributed by atoms with van der Waals surface area (Å²) in [5, 5.41) is 0. The monoisotopic (exact) mass is 751 g/mol. The van der Waals surface area contributed by atoms with Crippen molar-refractivity contribution in [2.24, 2.45) is 11.8 Å². The predicted molar refractivity (Wildman–Crippen MR) is 224 cm³/mol. The fourth-order valence-corrected chi connectivity index (χ4v) is 6.86. The van der Waals surface area contributed by atoms with E-state index in [1.807, 2.05) is 0 Å². The van der Waals surface area contributed by atoms with E-state index in [1.165, 1.54) is 141 Å². The molecule has 0 aliphatic heterocycles. The highest BCUT2D eigenvalue weighted by Gasteiger charge is 2.19. The Morgan fingerprint density at radius 2 is 0.660 bits per heavy atom. The number of rotatable bonds is 41. The van der Waals surface area contributed by atoms with Crippen molar-refractivity contribution in [2.45, 2.75) is 259 Å². The lowest BCUT2D eigenvalue weighted by molar-refractivity contribution is -0.167. The Morgan fingerprint density at radius 1 is 0.377 bits per heavy atom. The topological polar surface area (TPSA) is 78.9 Å². The molecular formula is C47H90O6. The summed E-state index contributed by atoms with van der Waals surface area (Å²) in [5.41, 5.74) is 0. The van der Waals surface area contributed by atoms with Crippen LogP contribution in [0, 0.1) is 11.8 Å². The van der Waals surface area contributed by atoms with Gasteiger partial charge in [-0.3, -0.25) is 14.4 Å². The van der Waals surface area contributed by atoms with E-state index in [4.69, 9.17) is 14.2 Å². The van der Waals surface area contributed by atoms with Crippen LogP contribution in [0.2, 0.25) is 0 Å². The van der Waals surface area contributed by atoms with Crippen LogP contribution in [0.5, 0.6) is 0 Å². The second kappa shape index (κ2) is 40.1. The van der Waals surface area contributed by atoms with Gasteiger partial charge in [0.15, 0.2) is 6.10 Å². The van der Waals surface area contributed by atoms with E-state index >= 15 is 0 Å². The van der Waals surface area contributed by atoms with Gasteiger partial charge in [0.2, 0.25) is 0 Å². The van der Waals surface area contributed by atoms with E-state index in [2.05, 4.69) is 34.6 Å². The third-order valence-corrected chi connectivity index (χ3v) is 11.2. The van der Waals surface area contributed by atoms with Crippen LogP contribution in [-0.4, -0.2) is 37.2 Å². The lowest BCUT2D eigenvalue weighted by Gasteiger charge is -2.18.